The molecule has 0 spiro atoms. The summed E-state index contributed by atoms with van der Waals surface area (Å²) in [7, 11) is 3.21. The predicted molar refractivity (Wildman–Crippen MR) is 46.2 cm³/mol. The summed E-state index contributed by atoms with van der Waals surface area (Å²) >= 11 is 0. The van der Waals surface area contributed by atoms with Gasteiger partial charge in [0, 0.05) is 7.05 Å². The Bertz CT molecular complexity index is 278. The zero-order chi connectivity index (χ0) is 9.14. The van der Waals surface area contributed by atoms with Crippen LogP contribution < -0.4 is 10.8 Å². The maximum atomic E-state index is 12.6. The van der Waals surface area contributed by atoms with Gasteiger partial charge in [0.1, 0.15) is 5.82 Å². The summed E-state index contributed by atoms with van der Waals surface area (Å²) in [6, 6.07) is 4.15. The molecule has 0 atom stereocenters. The molecule has 0 radical (unpaired) electrons. The number of halogens is 1. The molecule has 0 fully saturated rings. The van der Waals surface area contributed by atoms with E-state index in [1.54, 1.807) is 13.1 Å². The minimum absolute atomic E-state index is 0.347. The highest BCUT2D eigenvalue weighted by atomic mass is 19.1. The smallest absolute Gasteiger partial charge is 0.125 e. The van der Waals surface area contributed by atoms with E-state index in [0.717, 1.165) is 0 Å². The summed E-state index contributed by atoms with van der Waals surface area (Å²) in [6.45, 7) is 0. The second-order valence-corrected chi connectivity index (χ2v) is 2.38. The molecule has 4 heteroatoms. The highest BCUT2D eigenvalue weighted by Gasteiger charge is 2.04. The van der Waals surface area contributed by atoms with E-state index in [4.69, 9.17) is 10.6 Å². The number of nitrogen functional groups attached to an aromatic ring is 1. The molecule has 1 rings (SSSR count). The zero-order valence-electron chi connectivity index (χ0n) is 7.04. The fourth-order valence-electron chi connectivity index (χ4n) is 0.910. The number of rotatable bonds is 2. The summed E-state index contributed by atoms with van der Waals surface area (Å²) < 4.78 is 12.6. The molecular formula is C8H11FN2O. The van der Waals surface area contributed by atoms with Gasteiger partial charge < -0.3 is 5.73 Å². The zero-order valence-corrected chi connectivity index (χ0v) is 7.04. The molecule has 0 unspecified atom stereocenters. The fraction of sp³-hybridized carbons (Fsp3) is 0.250. The molecule has 12 heavy (non-hydrogen) atoms. The number of hydrogen-bond acceptors (Lipinski definition) is 3. The van der Waals surface area contributed by atoms with E-state index in [9.17, 15) is 4.39 Å². The average Bonchev–Trinajstić information content (AvgIpc) is 2.03. The first-order valence-electron chi connectivity index (χ1n) is 3.48. The van der Waals surface area contributed by atoms with Crippen molar-refractivity contribution in [3.05, 3.63) is 24.0 Å². The molecule has 0 aliphatic carbocycles. The lowest BCUT2D eigenvalue weighted by Crippen LogP contribution is -2.16. The maximum absolute atomic E-state index is 12.6. The number of hydroxylamine groups is 1. The van der Waals surface area contributed by atoms with Crippen LogP contribution in [0.2, 0.25) is 0 Å². The molecule has 66 valence electrons. The van der Waals surface area contributed by atoms with Gasteiger partial charge in [-0.3, -0.25) is 9.90 Å². The first-order chi connectivity index (χ1) is 5.65. The van der Waals surface area contributed by atoms with Gasteiger partial charge in [-0.15, -0.1) is 0 Å². The molecule has 1 aromatic carbocycles. The first-order valence-corrected chi connectivity index (χ1v) is 3.48. The van der Waals surface area contributed by atoms with E-state index in [-0.39, 0.29) is 5.82 Å². The minimum Gasteiger partial charge on any atom is -0.397 e. The van der Waals surface area contributed by atoms with E-state index < -0.39 is 0 Å². The lowest BCUT2D eigenvalue weighted by atomic mass is 10.2. The van der Waals surface area contributed by atoms with Gasteiger partial charge in [0.25, 0.3) is 0 Å². The fourth-order valence-corrected chi connectivity index (χ4v) is 0.910. The van der Waals surface area contributed by atoms with Crippen LogP contribution in [0.1, 0.15) is 0 Å². The van der Waals surface area contributed by atoms with Crippen LogP contribution in [0.4, 0.5) is 15.8 Å². The Morgan fingerprint density at radius 2 is 2.17 bits per heavy atom. The number of anilines is 2. The van der Waals surface area contributed by atoms with Crippen molar-refractivity contribution in [3.63, 3.8) is 0 Å². The summed E-state index contributed by atoms with van der Waals surface area (Å²) in [5.74, 6) is -0.347. The van der Waals surface area contributed by atoms with E-state index in [2.05, 4.69) is 0 Å². The molecule has 1 aromatic rings. The third-order valence-electron chi connectivity index (χ3n) is 1.60. The molecule has 0 heterocycles. The Labute approximate surface area is 70.5 Å². The van der Waals surface area contributed by atoms with E-state index in [0.29, 0.717) is 11.4 Å². The highest BCUT2D eigenvalue weighted by molar-refractivity contribution is 5.65. The van der Waals surface area contributed by atoms with Crippen LogP contribution >= 0.6 is 0 Å². The number of hydrogen-bond donors (Lipinski definition) is 1. The molecule has 0 amide bonds. The van der Waals surface area contributed by atoms with Crippen molar-refractivity contribution < 1.29 is 9.23 Å². The molecule has 0 saturated heterocycles. The number of nitrogens with zero attached hydrogens (tertiary/aromatic N) is 1. The van der Waals surface area contributed by atoms with Crippen molar-refractivity contribution in [1.82, 2.24) is 0 Å². The van der Waals surface area contributed by atoms with Crippen molar-refractivity contribution in [2.75, 3.05) is 25.0 Å². The van der Waals surface area contributed by atoms with Crippen molar-refractivity contribution in [2.24, 2.45) is 0 Å². The van der Waals surface area contributed by atoms with E-state index >= 15 is 0 Å². The standard InChI is InChI=1S/C8H11FN2O/c1-11(12-2)8-4-3-6(9)5-7(8)10/h3-5H,10H2,1-2H3. The van der Waals surface area contributed by atoms with Crippen LogP contribution in [0.3, 0.4) is 0 Å². The topological polar surface area (TPSA) is 38.5 Å². The average molecular weight is 170 g/mol. The molecule has 0 bridgehead atoms. The normalized spacial score (nSPS) is 9.92. The second kappa shape index (κ2) is 3.40. The van der Waals surface area contributed by atoms with Crippen LogP contribution in [0.15, 0.2) is 18.2 Å². The highest BCUT2D eigenvalue weighted by Crippen LogP contribution is 2.22. The van der Waals surface area contributed by atoms with Crippen LogP contribution in [-0.2, 0) is 4.84 Å². The van der Waals surface area contributed by atoms with Crippen molar-refractivity contribution >= 4 is 11.4 Å². The SMILES string of the molecule is CON(C)c1ccc(F)cc1N. The molecule has 0 aliphatic heterocycles. The number of benzene rings is 1. The van der Waals surface area contributed by atoms with Gasteiger partial charge in [0.2, 0.25) is 0 Å². The monoisotopic (exact) mass is 170 g/mol. The Hall–Kier alpha value is -1.29. The minimum atomic E-state index is -0.347. The third-order valence-corrected chi connectivity index (χ3v) is 1.60. The molecule has 2 N–H and O–H groups in total. The van der Waals surface area contributed by atoms with Crippen LogP contribution in [0, 0.1) is 5.82 Å². The molecule has 0 aromatic heterocycles. The number of nitrogens with two attached hydrogens (primary N) is 1. The van der Waals surface area contributed by atoms with Crippen LogP contribution in [0.25, 0.3) is 0 Å². The quantitative estimate of drug-likeness (QED) is 0.538. The molecular weight excluding hydrogens is 159 g/mol. The Kier molecular flexibility index (Phi) is 2.50. The Morgan fingerprint density at radius 1 is 1.50 bits per heavy atom. The predicted octanol–water partition coefficient (Wildman–Crippen LogP) is 1.41. The lowest BCUT2D eigenvalue weighted by Gasteiger charge is -2.17. The van der Waals surface area contributed by atoms with Gasteiger partial charge in [-0.25, -0.2) is 4.39 Å². The maximum Gasteiger partial charge on any atom is 0.125 e. The second-order valence-electron chi connectivity index (χ2n) is 2.38. The molecule has 3 nitrogen and oxygen atoms in total. The summed E-state index contributed by atoms with van der Waals surface area (Å²) in [4.78, 5) is 4.89. The van der Waals surface area contributed by atoms with Crippen LogP contribution in [-0.4, -0.2) is 14.2 Å². The van der Waals surface area contributed by atoms with E-state index in [1.807, 2.05) is 0 Å². The van der Waals surface area contributed by atoms with Crippen molar-refractivity contribution in [1.29, 1.82) is 0 Å². The Morgan fingerprint density at radius 3 is 2.67 bits per heavy atom. The summed E-state index contributed by atoms with van der Waals surface area (Å²) in [5, 5.41) is 1.47. The van der Waals surface area contributed by atoms with Gasteiger partial charge in [-0.1, -0.05) is 0 Å². The molecule has 0 saturated carbocycles. The van der Waals surface area contributed by atoms with Crippen molar-refractivity contribution in [2.45, 2.75) is 0 Å². The van der Waals surface area contributed by atoms with Gasteiger partial charge in [-0.2, -0.15) is 0 Å². The largest absolute Gasteiger partial charge is 0.397 e. The van der Waals surface area contributed by atoms with Crippen LogP contribution in [0.5, 0.6) is 0 Å². The van der Waals surface area contributed by atoms with Gasteiger partial charge in [-0.05, 0) is 18.2 Å². The van der Waals surface area contributed by atoms with Gasteiger partial charge >= 0.3 is 0 Å². The first kappa shape index (κ1) is 8.80. The molecule has 0 aliphatic rings. The summed E-state index contributed by atoms with van der Waals surface area (Å²) in [6.07, 6.45) is 0. The third kappa shape index (κ3) is 1.65. The van der Waals surface area contributed by atoms with Crippen molar-refractivity contribution in [3.8, 4) is 0 Å². The van der Waals surface area contributed by atoms with E-state index in [1.165, 1.54) is 24.3 Å². The summed E-state index contributed by atoms with van der Waals surface area (Å²) in [5.41, 5.74) is 6.55. The lowest BCUT2D eigenvalue weighted by molar-refractivity contribution is 0.185. The van der Waals surface area contributed by atoms with Gasteiger partial charge in [0.15, 0.2) is 0 Å². The Balaban J connectivity index is 3.01. The van der Waals surface area contributed by atoms with Gasteiger partial charge in [0.05, 0.1) is 18.5 Å².